The molecule has 26 heavy (non-hydrogen) atoms. The number of likely N-dealkylation sites (tertiary alicyclic amines) is 1. The Bertz CT molecular complexity index is 752. The summed E-state index contributed by atoms with van der Waals surface area (Å²) < 4.78 is 31.7. The van der Waals surface area contributed by atoms with E-state index >= 15 is 0 Å². The molecule has 2 aromatic heterocycles. The average molecular weight is 386 g/mol. The van der Waals surface area contributed by atoms with Gasteiger partial charge in [0, 0.05) is 42.5 Å². The molecule has 4 rings (SSSR count). The second-order valence-electron chi connectivity index (χ2n) is 6.29. The molecule has 140 valence electrons. The minimum absolute atomic E-state index is 0.645. The third-order valence-corrected chi connectivity index (χ3v) is 5.11. The fraction of sp³-hybridized carbons (Fsp3) is 0.438. The number of alkyl halides is 3. The first-order valence-electron chi connectivity index (χ1n) is 7.87. The fourth-order valence-electron chi connectivity index (χ4n) is 3.15. The molecule has 0 bridgehead atoms. The number of carboxylic acids is 1. The van der Waals surface area contributed by atoms with Crippen LogP contribution in [-0.2, 0) is 4.79 Å². The summed E-state index contributed by atoms with van der Waals surface area (Å²) in [6.45, 7) is 3.50. The first-order chi connectivity index (χ1) is 12.3. The second-order valence-corrected chi connectivity index (χ2v) is 7.07. The normalized spacial score (nSPS) is 22.2. The molecular formula is C16H17F3N4O2S. The van der Waals surface area contributed by atoms with Crippen molar-refractivity contribution in [2.24, 2.45) is 5.92 Å². The van der Waals surface area contributed by atoms with Gasteiger partial charge in [0.05, 0.1) is 5.69 Å². The Balaban J connectivity index is 0.000000242. The lowest BCUT2D eigenvalue weighted by Gasteiger charge is -2.44. The van der Waals surface area contributed by atoms with Crippen molar-refractivity contribution in [2.75, 3.05) is 31.6 Å². The molecule has 2 saturated heterocycles. The number of hydrogen-bond donors (Lipinski definition) is 1. The lowest BCUT2D eigenvalue weighted by Crippen LogP contribution is -2.56. The lowest BCUT2D eigenvalue weighted by molar-refractivity contribution is -0.192. The van der Waals surface area contributed by atoms with E-state index in [-0.39, 0.29) is 0 Å². The number of nitrogens with zero attached hydrogens (tertiary/aromatic N) is 4. The van der Waals surface area contributed by atoms with Gasteiger partial charge < -0.3 is 14.9 Å². The highest BCUT2D eigenvalue weighted by Gasteiger charge is 2.45. The van der Waals surface area contributed by atoms with Crippen LogP contribution in [0.25, 0.3) is 11.3 Å². The second kappa shape index (κ2) is 7.20. The Labute approximate surface area is 151 Å². The van der Waals surface area contributed by atoms with E-state index in [2.05, 4.69) is 56.0 Å². The molecule has 6 nitrogen and oxygen atoms in total. The van der Waals surface area contributed by atoms with Crippen molar-refractivity contribution >= 4 is 23.1 Å². The summed E-state index contributed by atoms with van der Waals surface area (Å²) in [5.41, 5.74) is 2.12. The zero-order chi connectivity index (χ0) is 18.9. The van der Waals surface area contributed by atoms with E-state index in [1.807, 2.05) is 0 Å². The number of aliphatic carboxylic acids is 1. The maximum Gasteiger partial charge on any atom is 0.490 e. The van der Waals surface area contributed by atoms with E-state index in [1.165, 1.54) is 6.54 Å². The van der Waals surface area contributed by atoms with Crippen molar-refractivity contribution in [2.45, 2.75) is 12.2 Å². The van der Waals surface area contributed by atoms with Crippen molar-refractivity contribution in [3.8, 4) is 11.3 Å². The van der Waals surface area contributed by atoms with Gasteiger partial charge >= 0.3 is 12.1 Å². The van der Waals surface area contributed by atoms with Gasteiger partial charge in [-0.25, -0.2) is 4.79 Å². The Morgan fingerprint density at radius 1 is 1.23 bits per heavy atom. The van der Waals surface area contributed by atoms with Crippen molar-refractivity contribution < 1.29 is 23.1 Å². The van der Waals surface area contributed by atoms with E-state index in [1.54, 1.807) is 11.3 Å². The van der Waals surface area contributed by atoms with Gasteiger partial charge in [0.25, 0.3) is 0 Å². The highest BCUT2D eigenvalue weighted by Crippen LogP contribution is 2.35. The topological polar surface area (TPSA) is 69.6 Å². The molecule has 2 atom stereocenters. The SMILES string of the molecule is CN1CC2CN(c3ccc(-c4ccsc4)nn3)C2C1.O=C(O)C(F)(F)F. The Morgan fingerprint density at radius 3 is 2.46 bits per heavy atom. The van der Waals surface area contributed by atoms with Crippen LogP contribution >= 0.6 is 11.3 Å². The highest BCUT2D eigenvalue weighted by atomic mass is 32.1. The van der Waals surface area contributed by atoms with Gasteiger partial charge in [0.1, 0.15) is 0 Å². The summed E-state index contributed by atoms with van der Waals surface area (Å²) in [6, 6.07) is 6.91. The predicted octanol–water partition coefficient (Wildman–Crippen LogP) is 2.59. The molecule has 0 aliphatic carbocycles. The Morgan fingerprint density at radius 2 is 1.96 bits per heavy atom. The smallest absolute Gasteiger partial charge is 0.475 e. The first kappa shape index (κ1) is 18.6. The molecule has 10 heteroatoms. The van der Waals surface area contributed by atoms with Crippen LogP contribution in [0.5, 0.6) is 0 Å². The van der Waals surface area contributed by atoms with Crippen LogP contribution in [0.1, 0.15) is 0 Å². The van der Waals surface area contributed by atoms with Gasteiger partial charge in [-0.2, -0.15) is 24.5 Å². The summed E-state index contributed by atoms with van der Waals surface area (Å²) in [6.07, 6.45) is -5.08. The van der Waals surface area contributed by atoms with Gasteiger partial charge in [-0.15, -0.1) is 10.2 Å². The van der Waals surface area contributed by atoms with Gasteiger partial charge in [0.2, 0.25) is 0 Å². The summed E-state index contributed by atoms with van der Waals surface area (Å²) in [7, 11) is 2.20. The molecule has 2 aromatic rings. The Hall–Kier alpha value is -2.20. The molecule has 0 amide bonds. The van der Waals surface area contributed by atoms with Crippen LogP contribution < -0.4 is 4.90 Å². The summed E-state index contributed by atoms with van der Waals surface area (Å²) in [4.78, 5) is 13.7. The Kier molecular flexibility index (Phi) is 5.15. The molecule has 0 saturated carbocycles. The quantitative estimate of drug-likeness (QED) is 0.856. The standard InChI is InChI=1S/C14H16N4S.C2HF3O2/c1-17-6-11-7-18(13(11)8-17)14-3-2-12(15-16-14)10-4-5-19-9-10;3-2(4,5)1(6)7/h2-5,9,11,13H,6-8H2,1H3;(H,6,7). The molecule has 4 heterocycles. The zero-order valence-electron chi connectivity index (χ0n) is 13.8. The van der Waals surface area contributed by atoms with Gasteiger partial charge in [-0.05, 0) is 30.6 Å². The molecule has 1 N–H and O–H groups in total. The van der Waals surface area contributed by atoms with Crippen LogP contribution in [0.4, 0.5) is 19.0 Å². The van der Waals surface area contributed by atoms with Crippen LogP contribution in [-0.4, -0.2) is 65.1 Å². The van der Waals surface area contributed by atoms with Crippen LogP contribution in [0.3, 0.4) is 0 Å². The molecular weight excluding hydrogens is 369 g/mol. The van der Waals surface area contributed by atoms with Crippen LogP contribution in [0.2, 0.25) is 0 Å². The third-order valence-electron chi connectivity index (χ3n) is 4.42. The predicted molar refractivity (Wildman–Crippen MR) is 91.2 cm³/mol. The summed E-state index contributed by atoms with van der Waals surface area (Å²) in [5.74, 6) is -0.911. The number of carboxylic acid groups (broad SMARTS) is 1. The largest absolute Gasteiger partial charge is 0.490 e. The van der Waals surface area contributed by atoms with Crippen molar-refractivity contribution in [3.63, 3.8) is 0 Å². The summed E-state index contributed by atoms with van der Waals surface area (Å²) >= 11 is 1.69. The highest BCUT2D eigenvalue weighted by molar-refractivity contribution is 7.08. The number of likely N-dealkylation sites (N-methyl/N-ethyl adjacent to an activating group) is 1. The van der Waals surface area contributed by atoms with Gasteiger partial charge in [0.15, 0.2) is 5.82 Å². The van der Waals surface area contributed by atoms with E-state index in [0.717, 1.165) is 36.1 Å². The monoisotopic (exact) mass is 386 g/mol. The molecule has 2 unspecified atom stereocenters. The number of rotatable bonds is 2. The third kappa shape index (κ3) is 3.96. The minimum atomic E-state index is -5.08. The van der Waals surface area contributed by atoms with Crippen molar-refractivity contribution in [1.82, 2.24) is 15.1 Å². The van der Waals surface area contributed by atoms with Gasteiger partial charge in [-0.1, -0.05) is 0 Å². The van der Waals surface area contributed by atoms with E-state index < -0.39 is 12.1 Å². The number of anilines is 1. The summed E-state index contributed by atoms with van der Waals surface area (Å²) in [5, 5.41) is 20.1. The number of halogens is 3. The van der Waals surface area contributed by atoms with E-state index in [9.17, 15) is 13.2 Å². The number of aromatic nitrogens is 2. The lowest BCUT2D eigenvalue weighted by atomic mass is 9.92. The van der Waals surface area contributed by atoms with Crippen LogP contribution in [0.15, 0.2) is 29.0 Å². The number of thiophene rings is 1. The molecule has 0 radical (unpaired) electrons. The van der Waals surface area contributed by atoms with Gasteiger partial charge in [-0.3, -0.25) is 0 Å². The van der Waals surface area contributed by atoms with Crippen molar-refractivity contribution in [1.29, 1.82) is 0 Å². The molecule has 0 spiro atoms. The zero-order valence-corrected chi connectivity index (χ0v) is 14.7. The fourth-order valence-corrected chi connectivity index (χ4v) is 3.80. The van der Waals surface area contributed by atoms with Crippen LogP contribution in [0, 0.1) is 5.92 Å². The van der Waals surface area contributed by atoms with Crippen molar-refractivity contribution in [3.05, 3.63) is 29.0 Å². The van der Waals surface area contributed by atoms with E-state index in [0.29, 0.717) is 6.04 Å². The molecule has 2 aliphatic heterocycles. The molecule has 2 fully saturated rings. The average Bonchev–Trinajstić information content (AvgIpc) is 3.19. The first-order valence-corrected chi connectivity index (χ1v) is 8.81. The number of fused-ring (bicyclic) bond motifs is 1. The molecule has 2 aliphatic rings. The minimum Gasteiger partial charge on any atom is -0.475 e. The maximum atomic E-state index is 10.6. The number of hydrogen-bond acceptors (Lipinski definition) is 6. The molecule has 0 aromatic carbocycles. The number of carbonyl (C=O) groups is 1. The maximum absolute atomic E-state index is 10.6. The van der Waals surface area contributed by atoms with E-state index in [4.69, 9.17) is 9.90 Å².